The number of nitrogens with one attached hydrogen (secondary N) is 1. The Morgan fingerprint density at radius 1 is 1.17 bits per heavy atom. The third-order valence-electron chi connectivity index (χ3n) is 5.75. The third kappa shape index (κ3) is 3.90. The van der Waals surface area contributed by atoms with Gasteiger partial charge in [-0.25, -0.2) is 4.68 Å². The number of para-hydroxylation sites is 2. The SMILES string of the molecule is COc1ccccc1OCC(=O)NC1CCCc2c1cnn2-c1cccc(C)c1C. The molecule has 0 fully saturated rings. The van der Waals surface area contributed by atoms with Crippen LogP contribution in [0.5, 0.6) is 11.5 Å². The zero-order valence-electron chi connectivity index (χ0n) is 17.6. The first-order chi connectivity index (χ1) is 14.6. The van der Waals surface area contributed by atoms with Crippen molar-refractivity contribution in [2.45, 2.75) is 39.2 Å². The number of ether oxygens (including phenoxy) is 2. The highest BCUT2D eigenvalue weighted by Crippen LogP contribution is 2.32. The molecular weight excluding hydrogens is 378 g/mol. The predicted octanol–water partition coefficient (Wildman–Crippen LogP) is 4.07. The molecule has 1 unspecified atom stereocenters. The molecule has 1 atom stereocenters. The summed E-state index contributed by atoms with van der Waals surface area (Å²) in [6, 6.07) is 13.5. The van der Waals surface area contributed by atoms with Gasteiger partial charge in [-0.1, -0.05) is 24.3 Å². The van der Waals surface area contributed by atoms with E-state index in [-0.39, 0.29) is 18.6 Å². The molecule has 1 aliphatic carbocycles. The van der Waals surface area contributed by atoms with E-state index in [0.29, 0.717) is 11.5 Å². The molecule has 6 nitrogen and oxygen atoms in total. The number of nitrogens with zero attached hydrogens (tertiary/aromatic N) is 2. The van der Waals surface area contributed by atoms with E-state index in [9.17, 15) is 4.79 Å². The average molecular weight is 405 g/mol. The van der Waals surface area contributed by atoms with Crippen LogP contribution < -0.4 is 14.8 Å². The van der Waals surface area contributed by atoms with Gasteiger partial charge in [0.1, 0.15) is 0 Å². The maximum absolute atomic E-state index is 12.6. The lowest BCUT2D eigenvalue weighted by atomic mass is 9.92. The van der Waals surface area contributed by atoms with Crippen molar-refractivity contribution in [3.05, 3.63) is 71.0 Å². The maximum Gasteiger partial charge on any atom is 0.258 e. The summed E-state index contributed by atoms with van der Waals surface area (Å²) >= 11 is 0. The van der Waals surface area contributed by atoms with Crippen LogP contribution in [0.2, 0.25) is 0 Å². The Morgan fingerprint density at radius 2 is 1.97 bits per heavy atom. The number of hydrogen-bond donors (Lipinski definition) is 1. The molecule has 6 heteroatoms. The van der Waals surface area contributed by atoms with E-state index in [4.69, 9.17) is 9.47 Å². The zero-order chi connectivity index (χ0) is 21.1. The molecule has 30 heavy (non-hydrogen) atoms. The summed E-state index contributed by atoms with van der Waals surface area (Å²) in [7, 11) is 1.58. The first kappa shape index (κ1) is 20.0. The molecule has 1 N–H and O–H groups in total. The van der Waals surface area contributed by atoms with Gasteiger partial charge < -0.3 is 14.8 Å². The van der Waals surface area contributed by atoms with E-state index in [2.05, 4.69) is 42.5 Å². The smallest absolute Gasteiger partial charge is 0.258 e. The highest BCUT2D eigenvalue weighted by Gasteiger charge is 2.26. The minimum atomic E-state index is -0.154. The molecule has 0 bridgehead atoms. The van der Waals surface area contributed by atoms with Gasteiger partial charge in [0.2, 0.25) is 0 Å². The molecule has 156 valence electrons. The third-order valence-corrected chi connectivity index (χ3v) is 5.75. The van der Waals surface area contributed by atoms with Gasteiger partial charge in [0.15, 0.2) is 18.1 Å². The number of methoxy groups -OCH3 is 1. The number of benzene rings is 2. The fourth-order valence-corrected chi connectivity index (χ4v) is 4.00. The van der Waals surface area contributed by atoms with Gasteiger partial charge in [-0.15, -0.1) is 0 Å². The molecule has 0 saturated carbocycles. The van der Waals surface area contributed by atoms with E-state index in [1.165, 1.54) is 16.8 Å². The number of carbonyl (C=O) groups excluding carboxylic acids is 1. The monoisotopic (exact) mass is 405 g/mol. The molecule has 1 heterocycles. The predicted molar refractivity (Wildman–Crippen MR) is 115 cm³/mol. The van der Waals surface area contributed by atoms with Crippen molar-refractivity contribution in [1.29, 1.82) is 0 Å². The van der Waals surface area contributed by atoms with Gasteiger partial charge in [-0.3, -0.25) is 4.79 Å². The van der Waals surface area contributed by atoms with Crippen LogP contribution in [0, 0.1) is 13.8 Å². The highest BCUT2D eigenvalue weighted by molar-refractivity contribution is 5.78. The molecule has 1 aliphatic rings. The minimum absolute atomic E-state index is 0.0543. The van der Waals surface area contributed by atoms with E-state index in [0.717, 1.165) is 30.5 Å². The number of aromatic nitrogens is 2. The van der Waals surface area contributed by atoms with E-state index in [1.807, 2.05) is 29.1 Å². The Balaban J connectivity index is 1.48. The fraction of sp³-hybridized carbons (Fsp3) is 0.333. The number of hydrogen-bond acceptors (Lipinski definition) is 4. The van der Waals surface area contributed by atoms with Crippen molar-refractivity contribution >= 4 is 5.91 Å². The van der Waals surface area contributed by atoms with Crippen LogP contribution in [-0.4, -0.2) is 29.4 Å². The van der Waals surface area contributed by atoms with E-state index in [1.54, 1.807) is 13.2 Å². The van der Waals surface area contributed by atoms with Crippen LogP contribution in [0.15, 0.2) is 48.7 Å². The summed E-state index contributed by atoms with van der Waals surface area (Å²) in [6.07, 6.45) is 4.74. The van der Waals surface area contributed by atoms with Gasteiger partial charge >= 0.3 is 0 Å². The molecular formula is C24H27N3O3. The molecule has 1 amide bonds. The van der Waals surface area contributed by atoms with Crippen LogP contribution in [0.25, 0.3) is 5.69 Å². The summed E-state index contributed by atoms with van der Waals surface area (Å²) in [6.45, 7) is 4.17. The van der Waals surface area contributed by atoms with Crippen LogP contribution in [0.4, 0.5) is 0 Å². The average Bonchev–Trinajstić information content (AvgIpc) is 3.19. The number of amides is 1. The summed E-state index contributed by atoms with van der Waals surface area (Å²) in [5, 5.41) is 7.78. The van der Waals surface area contributed by atoms with E-state index >= 15 is 0 Å². The topological polar surface area (TPSA) is 65.4 Å². The Bertz CT molecular complexity index is 1060. The number of aryl methyl sites for hydroxylation is 1. The number of carbonyl (C=O) groups is 1. The second kappa shape index (κ2) is 8.61. The Kier molecular flexibility index (Phi) is 5.74. The minimum Gasteiger partial charge on any atom is -0.493 e. The summed E-state index contributed by atoms with van der Waals surface area (Å²) in [5.41, 5.74) is 5.83. The van der Waals surface area contributed by atoms with Gasteiger partial charge in [0.05, 0.1) is 25.0 Å². The van der Waals surface area contributed by atoms with Crippen molar-refractivity contribution in [3.8, 4) is 17.2 Å². The molecule has 3 aromatic rings. The molecule has 1 aromatic heterocycles. The van der Waals surface area contributed by atoms with Crippen molar-refractivity contribution in [3.63, 3.8) is 0 Å². The first-order valence-corrected chi connectivity index (χ1v) is 10.3. The summed E-state index contributed by atoms with van der Waals surface area (Å²) in [4.78, 5) is 12.6. The van der Waals surface area contributed by atoms with Crippen LogP contribution in [0.3, 0.4) is 0 Å². The Labute approximate surface area is 176 Å². The van der Waals surface area contributed by atoms with Crippen molar-refractivity contribution in [2.75, 3.05) is 13.7 Å². The molecule has 0 spiro atoms. The lowest BCUT2D eigenvalue weighted by Gasteiger charge is -2.24. The first-order valence-electron chi connectivity index (χ1n) is 10.3. The molecule has 0 saturated heterocycles. The quantitative estimate of drug-likeness (QED) is 0.671. The van der Waals surface area contributed by atoms with Crippen molar-refractivity contribution in [1.82, 2.24) is 15.1 Å². The van der Waals surface area contributed by atoms with E-state index < -0.39 is 0 Å². The zero-order valence-corrected chi connectivity index (χ0v) is 17.6. The normalized spacial score (nSPS) is 15.4. The van der Waals surface area contributed by atoms with Crippen LogP contribution >= 0.6 is 0 Å². The van der Waals surface area contributed by atoms with Crippen LogP contribution in [-0.2, 0) is 11.2 Å². The van der Waals surface area contributed by atoms with Crippen molar-refractivity contribution < 1.29 is 14.3 Å². The molecule has 2 aromatic carbocycles. The number of rotatable bonds is 6. The second-order valence-corrected chi connectivity index (χ2v) is 7.63. The van der Waals surface area contributed by atoms with Crippen LogP contribution in [0.1, 0.15) is 41.3 Å². The summed E-state index contributed by atoms with van der Waals surface area (Å²) < 4.78 is 13.0. The Hall–Kier alpha value is -3.28. The maximum atomic E-state index is 12.6. The van der Waals surface area contributed by atoms with Gasteiger partial charge in [0.25, 0.3) is 5.91 Å². The Morgan fingerprint density at radius 3 is 2.77 bits per heavy atom. The number of fused-ring (bicyclic) bond motifs is 1. The lowest BCUT2D eigenvalue weighted by Crippen LogP contribution is -2.34. The van der Waals surface area contributed by atoms with Gasteiger partial charge in [0, 0.05) is 11.3 Å². The summed E-state index contributed by atoms with van der Waals surface area (Å²) in [5.74, 6) is 1.01. The highest BCUT2D eigenvalue weighted by atomic mass is 16.5. The standard InChI is InChI=1S/C24H27N3O3/c1-16-8-6-10-20(17(16)2)27-21-11-7-9-19(18(21)14-25-27)26-24(28)15-30-23-13-5-4-12-22(23)29-3/h4-6,8,10,12-14,19H,7,9,11,15H2,1-3H3,(H,26,28). The van der Waals surface area contributed by atoms with Crippen molar-refractivity contribution in [2.24, 2.45) is 0 Å². The largest absolute Gasteiger partial charge is 0.493 e. The lowest BCUT2D eigenvalue weighted by molar-refractivity contribution is -0.124. The fourth-order valence-electron chi connectivity index (χ4n) is 4.00. The molecule has 0 radical (unpaired) electrons. The second-order valence-electron chi connectivity index (χ2n) is 7.63. The molecule has 0 aliphatic heterocycles. The van der Waals surface area contributed by atoms with Gasteiger partial charge in [-0.05, 0) is 62.4 Å². The van der Waals surface area contributed by atoms with Gasteiger partial charge in [-0.2, -0.15) is 5.10 Å². The molecule has 4 rings (SSSR count).